The molecule has 8 nitrogen and oxygen atoms in total. The summed E-state index contributed by atoms with van der Waals surface area (Å²) in [6, 6.07) is 11.6. The summed E-state index contributed by atoms with van der Waals surface area (Å²) >= 11 is 1.58. The number of hydrogen-bond acceptors (Lipinski definition) is 6. The lowest BCUT2D eigenvalue weighted by atomic mass is 10.1. The number of thioether (sulfide) groups is 1. The summed E-state index contributed by atoms with van der Waals surface area (Å²) in [7, 11) is -3.79. The van der Waals surface area contributed by atoms with Gasteiger partial charge >= 0.3 is 0 Å². The van der Waals surface area contributed by atoms with Gasteiger partial charge in [0, 0.05) is 18.8 Å². The van der Waals surface area contributed by atoms with Gasteiger partial charge in [-0.15, -0.1) is 0 Å². The highest BCUT2D eigenvalue weighted by molar-refractivity contribution is 7.99. The SMILES string of the molecule is CCCn1c(SCCCCN2C(=O)c3ccccc3C2=O)nc2cc(S(N)(=O)=O)ccc21. The maximum atomic E-state index is 12.4. The zero-order valence-electron chi connectivity index (χ0n) is 17.7. The van der Waals surface area contributed by atoms with Gasteiger partial charge in [-0.25, -0.2) is 18.5 Å². The number of carbonyl (C=O) groups excluding carboxylic acids is 2. The van der Waals surface area contributed by atoms with Crippen LogP contribution in [0.2, 0.25) is 0 Å². The van der Waals surface area contributed by atoms with Crippen LogP contribution in [0.1, 0.15) is 46.9 Å². The van der Waals surface area contributed by atoms with Gasteiger partial charge in [-0.2, -0.15) is 0 Å². The first kappa shape index (κ1) is 22.5. The van der Waals surface area contributed by atoms with E-state index in [4.69, 9.17) is 5.14 Å². The van der Waals surface area contributed by atoms with Crippen LogP contribution in [0.15, 0.2) is 52.5 Å². The highest BCUT2D eigenvalue weighted by Gasteiger charge is 2.34. The molecule has 3 aromatic rings. The number of unbranched alkanes of at least 4 members (excludes halogenated alkanes) is 1. The van der Waals surface area contributed by atoms with Crippen molar-refractivity contribution in [1.29, 1.82) is 0 Å². The Bertz CT molecular complexity index is 1270. The number of rotatable bonds is 9. The molecule has 0 saturated heterocycles. The molecule has 0 spiro atoms. The number of nitrogens with two attached hydrogens (primary N) is 1. The van der Waals surface area contributed by atoms with E-state index in [9.17, 15) is 18.0 Å². The van der Waals surface area contributed by atoms with E-state index in [0.717, 1.165) is 35.8 Å². The Hall–Kier alpha value is -2.69. The molecular weight excluding hydrogens is 448 g/mol. The second-order valence-electron chi connectivity index (χ2n) is 7.60. The predicted molar refractivity (Wildman–Crippen MR) is 123 cm³/mol. The molecule has 4 rings (SSSR count). The number of sulfonamides is 1. The fourth-order valence-corrected chi connectivity index (χ4v) is 5.37. The van der Waals surface area contributed by atoms with E-state index in [1.54, 1.807) is 42.1 Å². The lowest BCUT2D eigenvalue weighted by Crippen LogP contribution is -2.30. The Balaban J connectivity index is 1.39. The quantitative estimate of drug-likeness (QED) is 0.290. The van der Waals surface area contributed by atoms with Crippen molar-refractivity contribution in [3.8, 4) is 0 Å². The lowest BCUT2D eigenvalue weighted by Gasteiger charge is -2.13. The zero-order chi connectivity index (χ0) is 22.9. The molecule has 0 saturated carbocycles. The van der Waals surface area contributed by atoms with Crippen molar-refractivity contribution in [3.63, 3.8) is 0 Å². The Morgan fingerprint density at radius 3 is 2.31 bits per heavy atom. The molecule has 2 heterocycles. The number of imidazole rings is 1. The topological polar surface area (TPSA) is 115 Å². The van der Waals surface area contributed by atoms with E-state index in [1.807, 2.05) is 0 Å². The largest absolute Gasteiger partial charge is 0.319 e. The highest BCUT2D eigenvalue weighted by Crippen LogP contribution is 2.27. The molecule has 168 valence electrons. The molecule has 10 heteroatoms. The van der Waals surface area contributed by atoms with Crippen LogP contribution in [-0.2, 0) is 16.6 Å². The second kappa shape index (κ2) is 9.05. The molecule has 2 aromatic carbocycles. The van der Waals surface area contributed by atoms with Crippen LogP contribution in [0, 0.1) is 0 Å². The highest BCUT2D eigenvalue weighted by atomic mass is 32.2. The van der Waals surface area contributed by atoms with Gasteiger partial charge in [-0.1, -0.05) is 30.8 Å². The zero-order valence-corrected chi connectivity index (χ0v) is 19.3. The summed E-state index contributed by atoms with van der Waals surface area (Å²) in [4.78, 5) is 30.9. The second-order valence-corrected chi connectivity index (χ2v) is 10.2. The van der Waals surface area contributed by atoms with Crippen molar-refractivity contribution in [1.82, 2.24) is 14.5 Å². The first-order valence-electron chi connectivity index (χ1n) is 10.4. The average Bonchev–Trinajstić information content (AvgIpc) is 3.23. The third-order valence-corrected chi connectivity index (χ3v) is 7.32. The van der Waals surface area contributed by atoms with Crippen LogP contribution in [0.4, 0.5) is 0 Å². The number of benzene rings is 2. The molecule has 2 N–H and O–H groups in total. The van der Waals surface area contributed by atoms with Gasteiger partial charge in [0.05, 0.1) is 27.1 Å². The van der Waals surface area contributed by atoms with Gasteiger partial charge < -0.3 is 4.57 Å². The van der Waals surface area contributed by atoms with Crippen molar-refractivity contribution < 1.29 is 18.0 Å². The number of fused-ring (bicyclic) bond motifs is 2. The fraction of sp³-hybridized carbons (Fsp3) is 0.318. The normalized spacial score (nSPS) is 13.9. The molecule has 0 bridgehead atoms. The van der Waals surface area contributed by atoms with Crippen LogP contribution >= 0.6 is 11.8 Å². The molecule has 0 atom stereocenters. The summed E-state index contributed by atoms with van der Waals surface area (Å²) in [6.07, 6.45) is 2.41. The maximum Gasteiger partial charge on any atom is 0.261 e. The smallest absolute Gasteiger partial charge is 0.261 e. The fourth-order valence-electron chi connectivity index (χ4n) is 3.79. The Morgan fingerprint density at radius 2 is 1.69 bits per heavy atom. The van der Waals surface area contributed by atoms with Crippen LogP contribution < -0.4 is 5.14 Å². The summed E-state index contributed by atoms with van der Waals surface area (Å²) < 4.78 is 25.4. The van der Waals surface area contributed by atoms with Crippen molar-refractivity contribution >= 4 is 44.6 Å². The number of nitrogens with zero attached hydrogens (tertiary/aromatic N) is 3. The van der Waals surface area contributed by atoms with E-state index in [1.165, 1.54) is 17.0 Å². The van der Waals surface area contributed by atoms with Gasteiger partial charge in [-0.05, 0) is 49.6 Å². The van der Waals surface area contributed by atoms with E-state index in [0.29, 0.717) is 29.6 Å². The number of carbonyl (C=O) groups is 2. The minimum atomic E-state index is -3.79. The predicted octanol–water partition coefficient (Wildman–Crippen LogP) is 3.26. The first-order chi connectivity index (χ1) is 15.3. The van der Waals surface area contributed by atoms with E-state index in [2.05, 4.69) is 16.5 Å². The third kappa shape index (κ3) is 4.30. The standard InChI is InChI=1S/C22H24N4O4S2/c1-2-11-25-19-10-9-15(32(23,29)30)14-18(19)24-22(25)31-13-6-5-12-26-20(27)16-7-3-4-8-17(16)21(26)28/h3-4,7-10,14H,2,5-6,11-13H2,1H3,(H2,23,29,30). The van der Waals surface area contributed by atoms with Crippen molar-refractivity contribution in [2.24, 2.45) is 5.14 Å². The van der Waals surface area contributed by atoms with Gasteiger partial charge in [0.25, 0.3) is 11.8 Å². The number of primary sulfonamides is 1. The van der Waals surface area contributed by atoms with Crippen molar-refractivity contribution in [2.75, 3.05) is 12.3 Å². The summed E-state index contributed by atoms with van der Waals surface area (Å²) in [5, 5.41) is 6.06. The molecule has 1 aromatic heterocycles. The van der Waals surface area contributed by atoms with Gasteiger partial charge in [0.2, 0.25) is 10.0 Å². The lowest BCUT2D eigenvalue weighted by molar-refractivity contribution is 0.0652. The van der Waals surface area contributed by atoms with Gasteiger partial charge in [0.1, 0.15) is 0 Å². The number of aryl methyl sites for hydroxylation is 1. The number of aromatic nitrogens is 2. The maximum absolute atomic E-state index is 12.4. The molecule has 0 fully saturated rings. The van der Waals surface area contributed by atoms with E-state index < -0.39 is 10.0 Å². The Kier molecular flexibility index (Phi) is 6.36. The number of amides is 2. The minimum absolute atomic E-state index is 0.0450. The van der Waals surface area contributed by atoms with Crippen molar-refractivity contribution in [3.05, 3.63) is 53.6 Å². The van der Waals surface area contributed by atoms with Gasteiger partial charge in [-0.3, -0.25) is 14.5 Å². The summed E-state index contributed by atoms with van der Waals surface area (Å²) in [5.74, 6) is 0.306. The Labute approximate surface area is 190 Å². The molecule has 0 aliphatic carbocycles. The number of hydrogen-bond donors (Lipinski definition) is 1. The minimum Gasteiger partial charge on any atom is -0.319 e. The molecule has 32 heavy (non-hydrogen) atoms. The third-order valence-electron chi connectivity index (χ3n) is 5.35. The van der Waals surface area contributed by atoms with Crippen LogP contribution in [0.25, 0.3) is 11.0 Å². The molecule has 1 aliphatic heterocycles. The Morgan fingerprint density at radius 1 is 1.00 bits per heavy atom. The summed E-state index contributed by atoms with van der Waals surface area (Å²) in [6.45, 7) is 3.22. The van der Waals surface area contributed by atoms with Gasteiger partial charge in [0.15, 0.2) is 5.16 Å². The number of imide groups is 1. The van der Waals surface area contributed by atoms with Crippen LogP contribution in [-0.4, -0.2) is 47.0 Å². The average molecular weight is 473 g/mol. The molecule has 1 aliphatic rings. The molecular formula is C22H24N4O4S2. The van der Waals surface area contributed by atoms with Crippen LogP contribution in [0.3, 0.4) is 0 Å². The van der Waals surface area contributed by atoms with E-state index >= 15 is 0 Å². The molecule has 0 unspecified atom stereocenters. The first-order valence-corrected chi connectivity index (χ1v) is 13.0. The van der Waals surface area contributed by atoms with Crippen molar-refractivity contribution in [2.45, 2.75) is 42.8 Å². The monoisotopic (exact) mass is 472 g/mol. The van der Waals surface area contributed by atoms with Crippen LogP contribution in [0.5, 0.6) is 0 Å². The summed E-state index contributed by atoms with van der Waals surface area (Å²) in [5.41, 5.74) is 2.41. The van der Waals surface area contributed by atoms with E-state index in [-0.39, 0.29) is 16.7 Å². The molecule has 2 amide bonds. The molecule has 0 radical (unpaired) electrons.